The number of ether oxygens (including phenoxy) is 2. The molecule has 0 heterocycles. The second-order valence-electron chi connectivity index (χ2n) is 7.28. The minimum Gasteiger partial charge on any atom is -0.504 e. The van der Waals surface area contributed by atoms with E-state index in [1.165, 1.54) is 56.7 Å². The Morgan fingerprint density at radius 2 is 1.08 bits per heavy atom. The first-order valence-electron chi connectivity index (χ1n) is 10.5. The SMILES string of the molecule is COc1cc(/C=C/C(=O)CC(=O)/C=C/c2ccc(O)c(OC)c2)ccc1O.Oc1cccc(O)c1O. The number of benzene rings is 3. The predicted molar refractivity (Wildman–Crippen MR) is 133 cm³/mol. The van der Waals surface area contributed by atoms with Crippen LogP contribution in [0, 0.1) is 0 Å². The number of rotatable bonds is 8. The lowest BCUT2D eigenvalue weighted by Crippen LogP contribution is -2.01. The van der Waals surface area contributed by atoms with Gasteiger partial charge in [0.15, 0.2) is 51.8 Å². The summed E-state index contributed by atoms with van der Waals surface area (Å²) in [6, 6.07) is 13.3. The van der Waals surface area contributed by atoms with Crippen LogP contribution in [-0.2, 0) is 9.59 Å². The molecule has 9 nitrogen and oxygen atoms in total. The largest absolute Gasteiger partial charge is 0.504 e. The van der Waals surface area contributed by atoms with Crippen LogP contribution in [0.15, 0.2) is 66.7 Å². The number of phenolic OH excluding ortho intramolecular Hbond substituents is 5. The van der Waals surface area contributed by atoms with Gasteiger partial charge < -0.3 is 35.0 Å². The van der Waals surface area contributed by atoms with E-state index in [2.05, 4.69) is 0 Å². The number of hydrogen-bond donors (Lipinski definition) is 5. The van der Waals surface area contributed by atoms with Crippen LogP contribution in [0.5, 0.6) is 40.2 Å². The Morgan fingerprint density at radius 3 is 1.44 bits per heavy atom. The number of ketones is 2. The van der Waals surface area contributed by atoms with Crippen LogP contribution in [0.1, 0.15) is 17.5 Å². The second-order valence-corrected chi connectivity index (χ2v) is 7.28. The number of allylic oxidation sites excluding steroid dienone is 2. The summed E-state index contributed by atoms with van der Waals surface area (Å²) < 4.78 is 10.00. The molecule has 0 aliphatic rings. The van der Waals surface area contributed by atoms with Gasteiger partial charge in [-0.2, -0.15) is 0 Å². The van der Waals surface area contributed by atoms with Crippen LogP contribution in [0.3, 0.4) is 0 Å². The van der Waals surface area contributed by atoms with Gasteiger partial charge in [0.2, 0.25) is 0 Å². The summed E-state index contributed by atoms with van der Waals surface area (Å²) >= 11 is 0. The molecule has 0 aromatic heterocycles. The quantitative estimate of drug-likeness (QED) is 0.176. The Hall–Kier alpha value is -4.92. The van der Waals surface area contributed by atoms with Crippen LogP contribution in [0.2, 0.25) is 0 Å². The van der Waals surface area contributed by atoms with Gasteiger partial charge in [-0.05, 0) is 59.7 Å². The number of methoxy groups -OCH3 is 2. The van der Waals surface area contributed by atoms with Crippen molar-refractivity contribution in [3.63, 3.8) is 0 Å². The molecule has 9 heteroatoms. The average Bonchev–Trinajstić information content (AvgIpc) is 2.86. The van der Waals surface area contributed by atoms with E-state index in [1.807, 2.05) is 0 Å². The van der Waals surface area contributed by atoms with Crippen LogP contribution in [-0.4, -0.2) is 51.3 Å². The van der Waals surface area contributed by atoms with Crippen LogP contribution >= 0.6 is 0 Å². The minimum atomic E-state index is -0.475. The molecule has 36 heavy (non-hydrogen) atoms. The molecule has 0 aliphatic heterocycles. The van der Waals surface area contributed by atoms with Gasteiger partial charge in [-0.25, -0.2) is 0 Å². The third kappa shape index (κ3) is 8.14. The zero-order valence-electron chi connectivity index (χ0n) is 19.6. The molecule has 0 saturated heterocycles. The molecule has 0 unspecified atom stereocenters. The molecule has 0 bridgehead atoms. The van der Waals surface area contributed by atoms with Crippen LogP contribution < -0.4 is 9.47 Å². The van der Waals surface area contributed by atoms with Crippen molar-refractivity contribution >= 4 is 23.7 Å². The summed E-state index contributed by atoms with van der Waals surface area (Å²) in [5.74, 6) is -1.18. The Kier molecular flexibility index (Phi) is 9.94. The first kappa shape index (κ1) is 27.3. The molecule has 5 N–H and O–H groups in total. The molecule has 0 amide bonds. The van der Waals surface area contributed by atoms with Crippen molar-refractivity contribution < 1.29 is 44.6 Å². The highest BCUT2D eigenvalue weighted by Crippen LogP contribution is 2.33. The summed E-state index contributed by atoms with van der Waals surface area (Å²) in [5, 5.41) is 45.2. The molecule has 0 aliphatic carbocycles. The van der Waals surface area contributed by atoms with Crippen molar-refractivity contribution in [2.75, 3.05) is 14.2 Å². The predicted octanol–water partition coefficient (Wildman–Crippen LogP) is 4.17. The van der Waals surface area contributed by atoms with Gasteiger partial charge in [0, 0.05) is 0 Å². The Labute approximate surface area is 207 Å². The lowest BCUT2D eigenvalue weighted by Gasteiger charge is -2.03. The second kappa shape index (κ2) is 13.1. The van der Waals surface area contributed by atoms with Crippen molar-refractivity contribution in [3.05, 3.63) is 77.9 Å². The zero-order chi connectivity index (χ0) is 26.7. The number of phenols is 5. The van der Waals surface area contributed by atoms with Crippen molar-refractivity contribution in [2.45, 2.75) is 6.42 Å². The molecule has 0 fully saturated rings. The zero-order valence-corrected chi connectivity index (χ0v) is 19.6. The van der Waals surface area contributed by atoms with Gasteiger partial charge in [-0.1, -0.05) is 30.4 Å². The standard InChI is InChI=1S/C21H20O6.C6H6O3/c1-26-20-11-14(5-9-18(20)24)3-7-16(22)13-17(23)8-4-15-6-10-19(25)21(12-15)27-2;7-4-2-1-3-5(8)6(4)9/h3-12,24-25H,13H2,1-2H3;1-3,7-9H/b7-3+,8-4+;. The molecule has 3 rings (SSSR count). The van der Waals surface area contributed by atoms with E-state index >= 15 is 0 Å². The van der Waals surface area contributed by atoms with Crippen LogP contribution in [0.4, 0.5) is 0 Å². The maximum absolute atomic E-state index is 11.9. The number of carbonyl (C=O) groups is 2. The topological polar surface area (TPSA) is 154 Å². The molecule has 0 spiro atoms. The van der Waals surface area contributed by atoms with Crippen molar-refractivity contribution in [3.8, 4) is 40.2 Å². The molecule has 3 aromatic carbocycles. The number of aromatic hydroxyl groups is 5. The molecular weight excluding hydrogens is 468 g/mol. The van der Waals surface area contributed by atoms with Crippen molar-refractivity contribution in [2.24, 2.45) is 0 Å². The highest BCUT2D eigenvalue weighted by atomic mass is 16.5. The van der Waals surface area contributed by atoms with Gasteiger partial charge >= 0.3 is 0 Å². The summed E-state index contributed by atoms with van der Waals surface area (Å²) in [4.78, 5) is 23.9. The van der Waals surface area contributed by atoms with E-state index in [4.69, 9.17) is 24.8 Å². The van der Waals surface area contributed by atoms with E-state index in [0.717, 1.165) is 0 Å². The lowest BCUT2D eigenvalue weighted by molar-refractivity contribution is -0.121. The summed E-state index contributed by atoms with van der Waals surface area (Å²) in [6.07, 6.45) is 5.44. The number of hydrogen-bond acceptors (Lipinski definition) is 9. The normalized spacial score (nSPS) is 10.6. The van der Waals surface area contributed by atoms with Crippen LogP contribution in [0.25, 0.3) is 12.2 Å². The Morgan fingerprint density at radius 1 is 0.667 bits per heavy atom. The summed E-state index contributed by atoms with van der Waals surface area (Å²) in [5.41, 5.74) is 1.33. The van der Waals surface area contributed by atoms with Gasteiger partial charge in [0.25, 0.3) is 0 Å². The highest BCUT2D eigenvalue weighted by molar-refractivity contribution is 6.10. The Balaban J connectivity index is 0.000000425. The van der Waals surface area contributed by atoms with Crippen molar-refractivity contribution in [1.82, 2.24) is 0 Å². The number of carbonyl (C=O) groups excluding carboxylic acids is 2. The fraction of sp³-hybridized carbons (Fsp3) is 0.111. The monoisotopic (exact) mass is 494 g/mol. The highest BCUT2D eigenvalue weighted by Gasteiger charge is 2.06. The molecule has 0 radical (unpaired) electrons. The third-order valence-corrected chi connectivity index (χ3v) is 4.67. The van der Waals surface area contributed by atoms with E-state index in [1.54, 1.807) is 36.4 Å². The number of para-hydroxylation sites is 1. The average molecular weight is 494 g/mol. The summed E-state index contributed by atoms with van der Waals surface area (Å²) in [6.45, 7) is 0. The third-order valence-electron chi connectivity index (χ3n) is 4.67. The Bertz CT molecular complexity index is 1180. The van der Waals surface area contributed by atoms with E-state index in [-0.39, 0.29) is 41.0 Å². The fourth-order valence-electron chi connectivity index (χ4n) is 2.78. The first-order chi connectivity index (χ1) is 17.1. The van der Waals surface area contributed by atoms with Crippen molar-refractivity contribution in [1.29, 1.82) is 0 Å². The minimum absolute atomic E-state index is 0.00662. The molecule has 3 aromatic rings. The van der Waals surface area contributed by atoms with Gasteiger partial charge in [-0.15, -0.1) is 0 Å². The first-order valence-corrected chi connectivity index (χ1v) is 10.5. The smallest absolute Gasteiger partial charge is 0.200 e. The van der Waals surface area contributed by atoms with E-state index < -0.39 is 5.75 Å². The molecule has 0 atom stereocenters. The maximum Gasteiger partial charge on any atom is 0.200 e. The molecule has 188 valence electrons. The fourth-order valence-corrected chi connectivity index (χ4v) is 2.78. The van der Waals surface area contributed by atoms with Gasteiger partial charge in [0.1, 0.15) is 0 Å². The molecule has 0 saturated carbocycles. The maximum atomic E-state index is 11.9. The van der Waals surface area contributed by atoms with E-state index in [0.29, 0.717) is 22.6 Å². The van der Waals surface area contributed by atoms with Gasteiger partial charge in [0.05, 0.1) is 20.6 Å². The lowest BCUT2D eigenvalue weighted by atomic mass is 10.1. The summed E-state index contributed by atoms with van der Waals surface area (Å²) in [7, 11) is 2.87. The molecular formula is C27H26O9. The van der Waals surface area contributed by atoms with Gasteiger partial charge in [-0.3, -0.25) is 9.59 Å². The van der Waals surface area contributed by atoms with E-state index in [9.17, 15) is 19.8 Å².